The lowest BCUT2D eigenvalue weighted by molar-refractivity contribution is 0.616. The van der Waals surface area contributed by atoms with Crippen molar-refractivity contribution >= 4 is 11.6 Å². The highest BCUT2D eigenvalue weighted by atomic mass is 35.5. The molecule has 0 atom stereocenters. The third-order valence-electron chi connectivity index (χ3n) is 1.49. The summed E-state index contributed by atoms with van der Waals surface area (Å²) in [4.78, 5) is 3.71. The number of pyridine rings is 1. The van der Waals surface area contributed by atoms with Crippen LogP contribution in [0.1, 0.15) is 25.3 Å². The molecule has 1 heterocycles. The summed E-state index contributed by atoms with van der Waals surface area (Å²) in [7, 11) is 0. The number of hydrogen-bond acceptors (Lipinski definition) is 1. The van der Waals surface area contributed by atoms with Gasteiger partial charge in [-0.05, 0) is 11.5 Å². The Morgan fingerprint density at radius 3 is 2.55 bits per heavy atom. The molecule has 1 rings (SSSR count). The number of aromatic nitrogens is 1. The second-order valence-corrected chi connectivity index (χ2v) is 3.06. The first kappa shape index (κ1) is 8.47. The fourth-order valence-corrected chi connectivity index (χ4v) is 1.15. The van der Waals surface area contributed by atoms with E-state index in [0.717, 1.165) is 11.8 Å². The van der Waals surface area contributed by atoms with Crippen LogP contribution in [-0.4, -0.2) is 4.98 Å². The van der Waals surface area contributed by atoms with E-state index in [1.807, 2.05) is 13.8 Å². The molecule has 11 heavy (non-hydrogen) atoms. The summed E-state index contributed by atoms with van der Waals surface area (Å²) in [5.74, 6) is -0.233. The van der Waals surface area contributed by atoms with Gasteiger partial charge in [0.25, 0.3) is 0 Å². The molecule has 0 fully saturated rings. The van der Waals surface area contributed by atoms with Crippen LogP contribution in [0.3, 0.4) is 0 Å². The van der Waals surface area contributed by atoms with Crippen LogP contribution in [0.4, 0.5) is 4.39 Å². The molecular weight excluding hydrogens is 165 g/mol. The molecule has 0 bridgehead atoms. The van der Waals surface area contributed by atoms with Crippen LogP contribution >= 0.6 is 11.6 Å². The van der Waals surface area contributed by atoms with Crippen LogP contribution in [0.15, 0.2) is 12.4 Å². The van der Waals surface area contributed by atoms with E-state index in [1.165, 1.54) is 0 Å². The molecule has 3 heteroatoms. The van der Waals surface area contributed by atoms with Crippen LogP contribution < -0.4 is 0 Å². The van der Waals surface area contributed by atoms with Gasteiger partial charge in [-0.25, -0.2) is 4.39 Å². The van der Waals surface area contributed by atoms with Crippen LogP contribution in [0.2, 0.25) is 5.02 Å². The van der Waals surface area contributed by atoms with Crippen molar-refractivity contribution < 1.29 is 4.39 Å². The molecular formula is C8H9ClFN. The average Bonchev–Trinajstić information content (AvgIpc) is 1.94. The Morgan fingerprint density at radius 2 is 2.09 bits per heavy atom. The van der Waals surface area contributed by atoms with E-state index >= 15 is 0 Å². The van der Waals surface area contributed by atoms with Crippen molar-refractivity contribution in [3.63, 3.8) is 0 Å². The standard InChI is InChI=1S/C8H9ClFN/c1-5(2)6-3-11-4-7(10)8(6)9/h3-5H,1-2H3. The van der Waals surface area contributed by atoms with Gasteiger partial charge in [0.15, 0.2) is 5.82 Å². The summed E-state index contributed by atoms with van der Waals surface area (Å²) in [6, 6.07) is 0. The predicted molar refractivity (Wildman–Crippen MR) is 43.3 cm³/mol. The largest absolute Gasteiger partial charge is 0.261 e. The molecule has 1 aromatic heterocycles. The Kier molecular flexibility index (Phi) is 2.45. The van der Waals surface area contributed by atoms with E-state index in [-0.39, 0.29) is 10.9 Å². The molecule has 0 N–H and O–H groups in total. The lowest BCUT2D eigenvalue weighted by Crippen LogP contribution is -1.92. The van der Waals surface area contributed by atoms with Crippen LogP contribution in [0.5, 0.6) is 0 Å². The van der Waals surface area contributed by atoms with Gasteiger partial charge in [0.2, 0.25) is 0 Å². The zero-order valence-electron chi connectivity index (χ0n) is 6.44. The third-order valence-corrected chi connectivity index (χ3v) is 1.89. The first-order valence-electron chi connectivity index (χ1n) is 3.42. The quantitative estimate of drug-likeness (QED) is 0.636. The maximum atomic E-state index is 12.7. The highest BCUT2D eigenvalue weighted by Crippen LogP contribution is 2.24. The Morgan fingerprint density at radius 1 is 1.45 bits per heavy atom. The third kappa shape index (κ3) is 1.69. The minimum absolute atomic E-state index is 0.190. The van der Waals surface area contributed by atoms with Gasteiger partial charge in [-0.15, -0.1) is 0 Å². The van der Waals surface area contributed by atoms with Gasteiger partial charge in [-0.1, -0.05) is 25.4 Å². The summed E-state index contributed by atoms with van der Waals surface area (Å²) < 4.78 is 12.7. The molecule has 0 spiro atoms. The SMILES string of the molecule is CC(C)c1cncc(F)c1Cl. The Labute approximate surface area is 70.2 Å². The molecule has 0 saturated carbocycles. The monoisotopic (exact) mass is 173 g/mol. The Balaban J connectivity index is 3.17. The molecule has 60 valence electrons. The average molecular weight is 174 g/mol. The molecule has 0 amide bonds. The Hall–Kier alpha value is -0.630. The summed E-state index contributed by atoms with van der Waals surface area (Å²) in [5.41, 5.74) is 0.756. The van der Waals surface area contributed by atoms with Crippen molar-refractivity contribution in [3.8, 4) is 0 Å². The van der Waals surface area contributed by atoms with Crippen molar-refractivity contribution in [1.82, 2.24) is 4.98 Å². The molecule has 1 nitrogen and oxygen atoms in total. The summed E-state index contributed by atoms with van der Waals surface area (Å²) in [5, 5.41) is 0.190. The lowest BCUT2D eigenvalue weighted by Gasteiger charge is -2.06. The molecule has 0 unspecified atom stereocenters. The molecule has 1 aromatic rings. The van der Waals surface area contributed by atoms with Crippen molar-refractivity contribution in [2.45, 2.75) is 19.8 Å². The van der Waals surface area contributed by atoms with Gasteiger partial charge < -0.3 is 0 Å². The van der Waals surface area contributed by atoms with E-state index in [2.05, 4.69) is 4.98 Å². The van der Waals surface area contributed by atoms with E-state index in [9.17, 15) is 4.39 Å². The van der Waals surface area contributed by atoms with Crippen molar-refractivity contribution in [1.29, 1.82) is 0 Å². The highest BCUT2D eigenvalue weighted by Gasteiger charge is 2.08. The zero-order valence-corrected chi connectivity index (χ0v) is 7.19. The predicted octanol–water partition coefficient (Wildman–Crippen LogP) is 3.00. The van der Waals surface area contributed by atoms with E-state index < -0.39 is 5.82 Å². The summed E-state index contributed by atoms with van der Waals surface area (Å²) in [6.45, 7) is 3.89. The molecule has 0 aromatic carbocycles. The maximum Gasteiger partial charge on any atom is 0.160 e. The fourth-order valence-electron chi connectivity index (χ4n) is 0.837. The van der Waals surface area contributed by atoms with Gasteiger partial charge in [-0.2, -0.15) is 0 Å². The van der Waals surface area contributed by atoms with Gasteiger partial charge >= 0.3 is 0 Å². The normalized spacial score (nSPS) is 10.6. The van der Waals surface area contributed by atoms with E-state index in [0.29, 0.717) is 0 Å². The molecule has 0 saturated heterocycles. The van der Waals surface area contributed by atoms with Gasteiger partial charge in [0.05, 0.1) is 11.2 Å². The van der Waals surface area contributed by atoms with Gasteiger partial charge in [0, 0.05) is 6.20 Å². The minimum atomic E-state index is -0.446. The molecule has 0 aliphatic heterocycles. The minimum Gasteiger partial charge on any atom is -0.261 e. The first-order chi connectivity index (χ1) is 5.13. The number of halogens is 2. The van der Waals surface area contributed by atoms with E-state index in [1.54, 1.807) is 6.20 Å². The van der Waals surface area contributed by atoms with Gasteiger partial charge in [-0.3, -0.25) is 4.98 Å². The molecule has 0 aliphatic rings. The summed E-state index contributed by atoms with van der Waals surface area (Å²) >= 11 is 5.67. The summed E-state index contributed by atoms with van der Waals surface area (Å²) in [6.07, 6.45) is 2.71. The zero-order chi connectivity index (χ0) is 8.43. The molecule has 0 aliphatic carbocycles. The first-order valence-corrected chi connectivity index (χ1v) is 3.79. The maximum absolute atomic E-state index is 12.7. The second-order valence-electron chi connectivity index (χ2n) is 2.68. The lowest BCUT2D eigenvalue weighted by atomic mass is 10.1. The number of nitrogens with zero attached hydrogens (tertiary/aromatic N) is 1. The van der Waals surface area contributed by atoms with Crippen LogP contribution in [-0.2, 0) is 0 Å². The second kappa shape index (κ2) is 3.18. The van der Waals surface area contributed by atoms with Crippen LogP contribution in [0.25, 0.3) is 0 Å². The van der Waals surface area contributed by atoms with E-state index in [4.69, 9.17) is 11.6 Å². The smallest absolute Gasteiger partial charge is 0.160 e. The van der Waals surface area contributed by atoms with Crippen LogP contribution in [0, 0.1) is 5.82 Å². The highest BCUT2D eigenvalue weighted by molar-refractivity contribution is 6.31. The number of rotatable bonds is 1. The topological polar surface area (TPSA) is 12.9 Å². The van der Waals surface area contributed by atoms with Crippen molar-refractivity contribution in [2.75, 3.05) is 0 Å². The fraction of sp³-hybridized carbons (Fsp3) is 0.375. The Bertz CT molecular complexity index is 260. The van der Waals surface area contributed by atoms with Gasteiger partial charge in [0.1, 0.15) is 0 Å². The van der Waals surface area contributed by atoms with Crippen molar-refractivity contribution in [3.05, 3.63) is 28.8 Å². The molecule has 0 radical (unpaired) electrons. The number of hydrogen-bond donors (Lipinski definition) is 0. The van der Waals surface area contributed by atoms with Crippen molar-refractivity contribution in [2.24, 2.45) is 0 Å².